The molecule has 0 bridgehead atoms. The largest absolute Gasteiger partial charge is 0.309 e. The summed E-state index contributed by atoms with van der Waals surface area (Å²) in [6.45, 7) is 5.16. The highest BCUT2D eigenvalue weighted by atomic mass is 35.5. The predicted octanol–water partition coefficient (Wildman–Crippen LogP) is 4.33. The van der Waals surface area contributed by atoms with Crippen LogP contribution in [0.5, 0.6) is 0 Å². The Balaban J connectivity index is 1.93. The number of rotatable bonds is 8. The fourth-order valence-electron chi connectivity index (χ4n) is 3.20. The Bertz CT molecular complexity index is 1150. The van der Waals surface area contributed by atoms with E-state index in [9.17, 15) is 13.2 Å². The van der Waals surface area contributed by atoms with Crippen LogP contribution in [0, 0.1) is 13.8 Å². The van der Waals surface area contributed by atoms with Gasteiger partial charge in [-0.05, 0) is 76.3 Å². The minimum Gasteiger partial charge on any atom is -0.309 e. The van der Waals surface area contributed by atoms with Crippen molar-refractivity contribution in [2.45, 2.75) is 25.2 Å². The smallest absolute Gasteiger partial charge is 0.244 e. The van der Waals surface area contributed by atoms with Crippen LogP contribution in [0.15, 0.2) is 41.3 Å². The first-order chi connectivity index (χ1) is 14.6. The molecular formula is C22H26ClN3O3S2. The number of sulfone groups is 1. The van der Waals surface area contributed by atoms with E-state index >= 15 is 0 Å². The Morgan fingerprint density at radius 2 is 1.68 bits per heavy atom. The standard InChI is InChI=1S/C22H26ClN3O3S2/c1-15-6-7-16(2)21-20(15)24-22(30-21)26(13-5-12-25(3)4)19(27)14-31(28,29)18-10-8-17(23)9-11-18/h6-11H,5,12-14H2,1-4H3. The summed E-state index contributed by atoms with van der Waals surface area (Å²) >= 11 is 7.29. The van der Waals surface area contributed by atoms with E-state index in [1.165, 1.54) is 40.5 Å². The highest BCUT2D eigenvalue weighted by Gasteiger charge is 2.27. The molecule has 3 aromatic rings. The van der Waals surface area contributed by atoms with Crippen LogP contribution in [0.1, 0.15) is 17.5 Å². The normalized spacial score (nSPS) is 11.9. The van der Waals surface area contributed by atoms with Crippen molar-refractivity contribution in [1.82, 2.24) is 9.88 Å². The van der Waals surface area contributed by atoms with Gasteiger partial charge < -0.3 is 4.90 Å². The van der Waals surface area contributed by atoms with E-state index in [4.69, 9.17) is 16.6 Å². The van der Waals surface area contributed by atoms with Crippen molar-refractivity contribution in [1.29, 1.82) is 0 Å². The second kappa shape index (κ2) is 9.65. The monoisotopic (exact) mass is 479 g/mol. The van der Waals surface area contributed by atoms with Crippen LogP contribution in [-0.4, -0.2) is 57.1 Å². The maximum Gasteiger partial charge on any atom is 0.244 e. The molecule has 0 aliphatic rings. The van der Waals surface area contributed by atoms with Gasteiger partial charge in [0.1, 0.15) is 5.75 Å². The second-order valence-electron chi connectivity index (χ2n) is 7.79. The summed E-state index contributed by atoms with van der Waals surface area (Å²) in [5, 5.41) is 0.971. The number of fused-ring (bicyclic) bond motifs is 1. The lowest BCUT2D eigenvalue weighted by atomic mass is 10.1. The zero-order chi connectivity index (χ0) is 22.8. The van der Waals surface area contributed by atoms with Crippen LogP contribution in [0.2, 0.25) is 5.02 Å². The maximum absolute atomic E-state index is 13.2. The molecule has 0 saturated carbocycles. The van der Waals surface area contributed by atoms with Crippen LogP contribution in [0.4, 0.5) is 5.13 Å². The number of anilines is 1. The Morgan fingerprint density at radius 3 is 2.29 bits per heavy atom. The molecule has 2 aromatic carbocycles. The van der Waals surface area contributed by atoms with Gasteiger partial charge in [0.2, 0.25) is 5.91 Å². The van der Waals surface area contributed by atoms with Gasteiger partial charge in [-0.25, -0.2) is 13.4 Å². The van der Waals surface area contributed by atoms with Crippen molar-refractivity contribution in [2.75, 3.05) is 37.8 Å². The number of aryl methyl sites for hydroxylation is 2. The molecule has 0 atom stereocenters. The fourth-order valence-corrected chi connectivity index (χ4v) is 5.68. The van der Waals surface area contributed by atoms with E-state index in [-0.39, 0.29) is 4.90 Å². The fraction of sp³-hybridized carbons (Fsp3) is 0.364. The molecular weight excluding hydrogens is 454 g/mol. The molecule has 1 aromatic heterocycles. The number of carbonyl (C=O) groups excluding carboxylic acids is 1. The number of aromatic nitrogens is 1. The first kappa shape index (κ1) is 23.7. The summed E-state index contributed by atoms with van der Waals surface area (Å²) in [4.78, 5) is 21.5. The minimum absolute atomic E-state index is 0.0782. The molecule has 0 N–H and O–H groups in total. The molecule has 3 rings (SSSR count). The molecule has 0 aliphatic heterocycles. The number of carbonyl (C=O) groups is 1. The Hall–Kier alpha value is -2.00. The maximum atomic E-state index is 13.2. The number of amides is 1. The van der Waals surface area contributed by atoms with E-state index in [2.05, 4.69) is 0 Å². The Labute approximate surface area is 192 Å². The lowest BCUT2D eigenvalue weighted by Gasteiger charge is -2.21. The molecule has 0 spiro atoms. The zero-order valence-electron chi connectivity index (χ0n) is 18.1. The predicted molar refractivity (Wildman–Crippen MR) is 128 cm³/mol. The molecule has 166 valence electrons. The van der Waals surface area contributed by atoms with E-state index in [1.54, 1.807) is 0 Å². The van der Waals surface area contributed by atoms with E-state index in [1.807, 2.05) is 45.0 Å². The van der Waals surface area contributed by atoms with Crippen molar-refractivity contribution >= 4 is 54.0 Å². The van der Waals surface area contributed by atoms with Crippen LogP contribution in [0.25, 0.3) is 10.2 Å². The SMILES string of the molecule is Cc1ccc(C)c2sc(N(CCCN(C)C)C(=O)CS(=O)(=O)c3ccc(Cl)cc3)nc12. The minimum atomic E-state index is -3.80. The topological polar surface area (TPSA) is 70.6 Å². The third kappa shape index (κ3) is 5.63. The summed E-state index contributed by atoms with van der Waals surface area (Å²) in [5.41, 5.74) is 2.96. The number of thiazole rings is 1. The molecule has 0 aliphatic carbocycles. The summed E-state index contributed by atoms with van der Waals surface area (Å²) in [6, 6.07) is 9.89. The van der Waals surface area contributed by atoms with Gasteiger partial charge in [-0.3, -0.25) is 9.69 Å². The molecule has 0 radical (unpaired) electrons. The van der Waals surface area contributed by atoms with E-state index in [0.29, 0.717) is 23.1 Å². The average Bonchev–Trinajstić information content (AvgIpc) is 3.14. The molecule has 1 amide bonds. The van der Waals surface area contributed by atoms with E-state index in [0.717, 1.165) is 27.9 Å². The van der Waals surface area contributed by atoms with Gasteiger partial charge in [-0.2, -0.15) is 0 Å². The zero-order valence-corrected chi connectivity index (χ0v) is 20.4. The van der Waals surface area contributed by atoms with Gasteiger partial charge in [0.05, 0.1) is 15.1 Å². The number of hydrogen-bond donors (Lipinski definition) is 0. The van der Waals surface area contributed by atoms with Gasteiger partial charge in [-0.15, -0.1) is 0 Å². The summed E-state index contributed by atoms with van der Waals surface area (Å²) in [6.07, 6.45) is 0.702. The Kier molecular flexibility index (Phi) is 7.36. The van der Waals surface area contributed by atoms with Crippen molar-refractivity contribution < 1.29 is 13.2 Å². The summed E-state index contributed by atoms with van der Waals surface area (Å²) < 4.78 is 26.7. The van der Waals surface area contributed by atoms with Crippen LogP contribution < -0.4 is 4.90 Å². The van der Waals surface area contributed by atoms with Crippen molar-refractivity contribution in [3.63, 3.8) is 0 Å². The quantitative estimate of drug-likeness (QED) is 0.481. The molecule has 6 nitrogen and oxygen atoms in total. The number of halogens is 1. The average molecular weight is 480 g/mol. The van der Waals surface area contributed by atoms with Gasteiger partial charge in [0, 0.05) is 11.6 Å². The first-order valence-electron chi connectivity index (χ1n) is 9.88. The Morgan fingerprint density at radius 1 is 1.03 bits per heavy atom. The molecule has 31 heavy (non-hydrogen) atoms. The molecule has 0 saturated heterocycles. The van der Waals surface area contributed by atoms with Crippen molar-refractivity contribution in [2.24, 2.45) is 0 Å². The molecule has 0 fully saturated rings. The third-order valence-electron chi connectivity index (χ3n) is 4.94. The summed E-state index contributed by atoms with van der Waals surface area (Å²) in [7, 11) is 0.119. The van der Waals surface area contributed by atoms with Gasteiger partial charge in [0.25, 0.3) is 0 Å². The number of benzene rings is 2. The van der Waals surface area contributed by atoms with Gasteiger partial charge in [-0.1, -0.05) is 35.1 Å². The summed E-state index contributed by atoms with van der Waals surface area (Å²) in [5.74, 6) is -1.10. The lowest BCUT2D eigenvalue weighted by molar-refractivity contribution is -0.116. The van der Waals surface area contributed by atoms with Crippen LogP contribution >= 0.6 is 22.9 Å². The third-order valence-corrected chi connectivity index (χ3v) is 8.02. The van der Waals surface area contributed by atoms with Crippen molar-refractivity contribution in [3.8, 4) is 0 Å². The van der Waals surface area contributed by atoms with Crippen molar-refractivity contribution in [3.05, 3.63) is 52.5 Å². The number of hydrogen-bond acceptors (Lipinski definition) is 6. The lowest BCUT2D eigenvalue weighted by Crippen LogP contribution is -2.37. The van der Waals surface area contributed by atoms with Crippen LogP contribution in [0.3, 0.4) is 0 Å². The van der Waals surface area contributed by atoms with E-state index < -0.39 is 21.5 Å². The highest BCUT2D eigenvalue weighted by Crippen LogP contribution is 2.33. The molecule has 9 heteroatoms. The van der Waals surface area contributed by atoms with Gasteiger partial charge >= 0.3 is 0 Å². The highest BCUT2D eigenvalue weighted by molar-refractivity contribution is 7.92. The van der Waals surface area contributed by atoms with Crippen LogP contribution in [-0.2, 0) is 14.6 Å². The first-order valence-corrected chi connectivity index (χ1v) is 12.7. The second-order valence-corrected chi connectivity index (χ2v) is 11.2. The van der Waals surface area contributed by atoms with Gasteiger partial charge in [0.15, 0.2) is 15.0 Å². The molecule has 1 heterocycles. The number of nitrogens with zero attached hydrogens (tertiary/aromatic N) is 3. The molecule has 0 unspecified atom stereocenters.